The van der Waals surface area contributed by atoms with Crippen molar-refractivity contribution < 1.29 is 0 Å². The van der Waals surface area contributed by atoms with Crippen molar-refractivity contribution in [2.24, 2.45) is 0 Å². The van der Waals surface area contributed by atoms with Crippen molar-refractivity contribution in [1.82, 2.24) is 4.57 Å². The monoisotopic (exact) mass is 729 g/mol. The molecule has 270 valence electrons. The maximum absolute atomic E-state index is 2.48. The van der Waals surface area contributed by atoms with Crippen LogP contribution in [0.3, 0.4) is 0 Å². The summed E-state index contributed by atoms with van der Waals surface area (Å²) >= 11 is 0. The Labute approximate surface area is 333 Å². The van der Waals surface area contributed by atoms with Crippen LogP contribution in [0.5, 0.6) is 0 Å². The Morgan fingerprint density at radius 1 is 0.263 bits per heavy atom. The molecule has 0 radical (unpaired) electrons. The second kappa shape index (κ2) is 14.9. The van der Waals surface area contributed by atoms with E-state index in [1.54, 1.807) is 0 Å². The quantitative estimate of drug-likeness (QED) is 0.147. The van der Waals surface area contributed by atoms with Crippen molar-refractivity contribution >= 4 is 55.9 Å². The molecule has 0 fully saturated rings. The first-order valence-electron chi connectivity index (χ1n) is 19.4. The molecule has 0 saturated carbocycles. The molecule has 1 heterocycles. The third kappa shape index (κ3) is 6.31. The number of fused-ring (bicyclic) bond motifs is 2. The van der Waals surface area contributed by atoms with Crippen molar-refractivity contribution in [3.05, 3.63) is 237 Å². The first-order chi connectivity index (χ1) is 28.3. The fourth-order valence-electron chi connectivity index (χ4n) is 8.12. The van der Waals surface area contributed by atoms with E-state index in [2.05, 4.69) is 251 Å². The third-order valence-electron chi connectivity index (χ3n) is 10.7. The van der Waals surface area contributed by atoms with Crippen molar-refractivity contribution in [2.75, 3.05) is 9.80 Å². The molecule has 57 heavy (non-hydrogen) atoms. The summed E-state index contributed by atoms with van der Waals surface area (Å²) in [5.74, 6) is 2.06. The lowest BCUT2D eigenvalue weighted by atomic mass is 9.96. The molecule has 0 amide bonds. The van der Waals surface area contributed by atoms with Gasteiger partial charge in [0.15, 0.2) is 0 Å². The molecule has 0 saturated heterocycles. The number of para-hydroxylation sites is 3. The van der Waals surface area contributed by atoms with Gasteiger partial charge in [0.2, 0.25) is 0 Å². The lowest BCUT2D eigenvalue weighted by molar-refractivity contribution is 1.02. The zero-order valence-corrected chi connectivity index (χ0v) is 31.4. The first kappa shape index (κ1) is 33.9. The van der Waals surface area contributed by atoms with Crippen LogP contribution >= 0.6 is 0 Å². The third-order valence-corrected chi connectivity index (χ3v) is 10.7. The van der Waals surface area contributed by atoms with Crippen LogP contribution in [0.1, 0.15) is 0 Å². The van der Waals surface area contributed by atoms with Gasteiger partial charge in [-0.25, -0.2) is 0 Å². The normalized spacial score (nSPS) is 11.2. The molecule has 0 aliphatic carbocycles. The molecule has 3 nitrogen and oxygen atoms in total. The van der Waals surface area contributed by atoms with Crippen LogP contribution < -0.4 is 9.80 Å². The standard InChI is InChI=1S/C54H39N3/c1-6-22-42(23-7-1)51-52(43-24-8-2-9-25-43)54(56(47-30-12-4-13-31-47)50-37-35-41-21-17-19-27-45(41)39-50)57(48-32-14-5-15-33-48)53(51)55(46-28-10-3-11-29-46)49-36-34-40-20-16-18-26-44(40)38-49/h1-39H. The zero-order chi connectivity index (χ0) is 38.0. The molecule has 0 aliphatic rings. The molecular weight excluding hydrogens is 691 g/mol. The molecule has 10 rings (SSSR count). The lowest BCUT2D eigenvalue weighted by Gasteiger charge is -2.31. The van der Waals surface area contributed by atoms with Crippen molar-refractivity contribution in [2.45, 2.75) is 0 Å². The van der Waals surface area contributed by atoms with Gasteiger partial charge in [0.1, 0.15) is 11.6 Å². The minimum absolute atomic E-state index is 1.03. The van der Waals surface area contributed by atoms with Gasteiger partial charge in [-0.1, -0.05) is 176 Å². The van der Waals surface area contributed by atoms with Crippen LogP contribution in [0.2, 0.25) is 0 Å². The van der Waals surface area contributed by atoms with E-state index in [9.17, 15) is 0 Å². The molecule has 10 aromatic rings. The van der Waals surface area contributed by atoms with E-state index in [0.29, 0.717) is 0 Å². The Morgan fingerprint density at radius 2 is 0.596 bits per heavy atom. The van der Waals surface area contributed by atoms with Crippen LogP contribution in [0.4, 0.5) is 34.4 Å². The van der Waals surface area contributed by atoms with Gasteiger partial charge >= 0.3 is 0 Å². The summed E-state index contributed by atoms with van der Waals surface area (Å²) in [5.41, 5.74) is 9.78. The number of rotatable bonds is 9. The van der Waals surface area contributed by atoms with Gasteiger partial charge in [-0.3, -0.25) is 14.4 Å². The summed E-state index contributed by atoms with van der Waals surface area (Å²) < 4.78 is 2.48. The summed E-state index contributed by atoms with van der Waals surface area (Å²) in [4.78, 5) is 4.89. The van der Waals surface area contributed by atoms with Crippen LogP contribution in [-0.2, 0) is 0 Å². The van der Waals surface area contributed by atoms with Gasteiger partial charge in [-0.2, -0.15) is 0 Å². The van der Waals surface area contributed by atoms with Crippen LogP contribution in [-0.4, -0.2) is 4.57 Å². The summed E-state index contributed by atoms with van der Waals surface area (Å²) in [6.07, 6.45) is 0. The van der Waals surface area contributed by atoms with Crippen molar-refractivity contribution in [3.63, 3.8) is 0 Å². The Bertz CT molecular complexity index is 2760. The number of aromatic nitrogens is 1. The van der Waals surface area contributed by atoms with Crippen LogP contribution in [0, 0.1) is 0 Å². The smallest absolute Gasteiger partial charge is 0.132 e. The fourth-order valence-corrected chi connectivity index (χ4v) is 8.12. The van der Waals surface area contributed by atoms with Gasteiger partial charge in [-0.15, -0.1) is 0 Å². The Hall–Kier alpha value is -7.62. The zero-order valence-electron chi connectivity index (χ0n) is 31.4. The average Bonchev–Trinajstić information content (AvgIpc) is 3.63. The predicted octanol–water partition coefficient (Wildman–Crippen LogP) is 15.1. The number of hydrogen-bond donors (Lipinski definition) is 0. The molecule has 0 spiro atoms. The molecular formula is C54H39N3. The molecule has 3 heteroatoms. The Balaban J connectivity index is 1.42. The van der Waals surface area contributed by atoms with Gasteiger partial charge < -0.3 is 0 Å². The molecule has 0 bridgehead atoms. The Kier molecular flexibility index (Phi) is 8.86. The first-order valence-corrected chi connectivity index (χ1v) is 19.4. The van der Waals surface area contributed by atoms with Crippen LogP contribution in [0.15, 0.2) is 237 Å². The minimum Gasteiger partial charge on any atom is -0.296 e. The second-order valence-electron chi connectivity index (χ2n) is 14.2. The maximum Gasteiger partial charge on any atom is 0.132 e. The SMILES string of the molecule is c1ccc(-c2c(-c3ccccc3)c(N(c3ccccc3)c3ccc4ccccc4c3)n(-c3ccccc3)c2N(c2ccccc2)c2ccc3ccccc3c2)cc1. The van der Waals surface area contributed by atoms with E-state index in [1.807, 2.05) is 0 Å². The molecule has 0 atom stereocenters. The highest BCUT2D eigenvalue weighted by atomic mass is 15.3. The molecule has 1 aromatic heterocycles. The van der Waals surface area contributed by atoms with Gasteiger partial charge in [-0.05, 0) is 93.3 Å². The molecule has 0 aliphatic heterocycles. The highest BCUT2D eigenvalue weighted by Gasteiger charge is 2.34. The molecule has 0 unspecified atom stereocenters. The number of nitrogens with zero attached hydrogens (tertiary/aromatic N) is 3. The average molecular weight is 730 g/mol. The van der Waals surface area contributed by atoms with E-state index in [-0.39, 0.29) is 0 Å². The van der Waals surface area contributed by atoms with E-state index in [0.717, 1.165) is 62.3 Å². The highest BCUT2D eigenvalue weighted by molar-refractivity contribution is 6.06. The van der Waals surface area contributed by atoms with Gasteiger partial charge in [0.25, 0.3) is 0 Å². The van der Waals surface area contributed by atoms with E-state index >= 15 is 0 Å². The van der Waals surface area contributed by atoms with Gasteiger partial charge in [0.05, 0.1) is 0 Å². The number of anilines is 6. The molecule has 0 N–H and O–H groups in total. The van der Waals surface area contributed by atoms with E-state index in [1.165, 1.54) is 21.5 Å². The summed E-state index contributed by atoms with van der Waals surface area (Å²) in [6, 6.07) is 85.0. The van der Waals surface area contributed by atoms with Crippen molar-refractivity contribution in [3.8, 4) is 27.9 Å². The summed E-state index contributed by atoms with van der Waals surface area (Å²) in [5, 5.41) is 4.77. The Morgan fingerprint density at radius 3 is 1.00 bits per heavy atom. The number of hydrogen-bond acceptors (Lipinski definition) is 2. The topological polar surface area (TPSA) is 11.4 Å². The van der Waals surface area contributed by atoms with Crippen LogP contribution in [0.25, 0.3) is 49.5 Å². The minimum atomic E-state index is 1.03. The van der Waals surface area contributed by atoms with E-state index < -0.39 is 0 Å². The van der Waals surface area contributed by atoms with E-state index in [4.69, 9.17) is 0 Å². The highest BCUT2D eigenvalue weighted by Crippen LogP contribution is 2.56. The lowest BCUT2D eigenvalue weighted by Crippen LogP contribution is -2.19. The molecule has 9 aromatic carbocycles. The second-order valence-corrected chi connectivity index (χ2v) is 14.2. The predicted molar refractivity (Wildman–Crippen MR) is 241 cm³/mol. The maximum atomic E-state index is 2.48. The summed E-state index contributed by atoms with van der Waals surface area (Å²) in [6.45, 7) is 0. The summed E-state index contributed by atoms with van der Waals surface area (Å²) in [7, 11) is 0. The largest absolute Gasteiger partial charge is 0.296 e. The van der Waals surface area contributed by atoms with Crippen molar-refractivity contribution in [1.29, 1.82) is 0 Å². The number of benzene rings is 9. The van der Waals surface area contributed by atoms with Gasteiger partial charge in [0, 0.05) is 39.6 Å². The fraction of sp³-hybridized carbons (Fsp3) is 0.